The monoisotopic (exact) mass is 384 g/mol. The molecule has 0 aromatic heterocycles. The van der Waals surface area contributed by atoms with Gasteiger partial charge in [-0.25, -0.2) is 8.42 Å². The summed E-state index contributed by atoms with van der Waals surface area (Å²) in [6, 6.07) is 8.67. The Labute approximate surface area is 151 Å². The molecule has 0 heterocycles. The number of sulfonamides is 1. The van der Waals surface area contributed by atoms with Crippen molar-refractivity contribution in [3.63, 3.8) is 0 Å². The smallest absolute Gasteiger partial charge is 0.261 e. The maximum Gasteiger partial charge on any atom is 0.261 e. The first-order valence-electron chi connectivity index (χ1n) is 7.09. The van der Waals surface area contributed by atoms with Crippen molar-refractivity contribution < 1.29 is 22.7 Å². The van der Waals surface area contributed by atoms with Crippen LogP contribution in [-0.2, 0) is 14.8 Å². The van der Waals surface area contributed by atoms with Crippen molar-refractivity contribution in [2.45, 2.75) is 11.8 Å². The Hall–Kier alpha value is -2.45. The average Bonchev–Trinajstić information content (AvgIpc) is 2.54. The van der Waals surface area contributed by atoms with Crippen molar-refractivity contribution in [2.75, 3.05) is 24.3 Å². The Bertz CT molecular complexity index is 899. The Kier molecular flexibility index (Phi) is 5.76. The molecule has 0 unspecified atom stereocenters. The Morgan fingerprint density at radius 2 is 1.68 bits per heavy atom. The topological polar surface area (TPSA) is 93.7 Å². The fraction of sp³-hybridized carbons (Fsp3) is 0.188. The van der Waals surface area contributed by atoms with Crippen LogP contribution < -0.4 is 19.5 Å². The van der Waals surface area contributed by atoms with Gasteiger partial charge >= 0.3 is 0 Å². The highest BCUT2D eigenvalue weighted by Crippen LogP contribution is 2.31. The highest BCUT2D eigenvalue weighted by molar-refractivity contribution is 7.92. The molecule has 2 aromatic carbocycles. The molecule has 25 heavy (non-hydrogen) atoms. The third kappa shape index (κ3) is 4.55. The second kappa shape index (κ2) is 7.62. The molecule has 7 nitrogen and oxygen atoms in total. The molecule has 2 N–H and O–H groups in total. The number of anilines is 2. The normalized spacial score (nSPS) is 10.9. The number of hydrogen-bond donors (Lipinski definition) is 2. The van der Waals surface area contributed by atoms with Crippen LogP contribution in [0.15, 0.2) is 41.3 Å². The molecule has 0 aliphatic rings. The molecule has 0 spiro atoms. The van der Waals surface area contributed by atoms with Gasteiger partial charge in [-0.15, -0.1) is 0 Å². The van der Waals surface area contributed by atoms with E-state index in [0.29, 0.717) is 17.2 Å². The summed E-state index contributed by atoms with van der Waals surface area (Å²) in [5.41, 5.74) is 0.611. The van der Waals surface area contributed by atoms with Gasteiger partial charge in [0.05, 0.1) is 35.5 Å². The third-order valence-corrected chi connectivity index (χ3v) is 4.87. The van der Waals surface area contributed by atoms with Gasteiger partial charge in [0, 0.05) is 6.92 Å². The average molecular weight is 385 g/mol. The molecule has 134 valence electrons. The van der Waals surface area contributed by atoms with E-state index in [2.05, 4.69) is 10.0 Å². The molecular weight excluding hydrogens is 368 g/mol. The predicted octanol–water partition coefficient (Wildman–Crippen LogP) is 3.12. The molecule has 0 aliphatic heterocycles. The highest BCUT2D eigenvalue weighted by atomic mass is 35.5. The Balaban J connectivity index is 2.34. The standard InChI is InChI=1S/C16H17ClN2O5S/c1-10(20)18-14-8-11(4-6-16(14)24-3)19-25(21,22)12-5-7-15(23-2)13(17)9-12/h4-9,19H,1-3H3,(H,18,20). The minimum absolute atomic E-state index is 0.0183. The van der Waals surface area contributed by atoms with Gasteiger partial charge in [-0.2, -0.15) is 0 Å². The van der Waals surface area contributed by atoms with Crippen molar-refractivity contribution >= 4 is 38.9 Å². The maximum absolute atomic E-state index is 12.5. The summed E-state index contributed by atoms with van der Waals surface area (Å²) < 4.78 is 37.6. The van der Waals surface area contributed by atoms with Crippen LogP contribution in [0.25, 0.3) is 0 Å². The van der Waals surface area contributed by atoms with Gasteiger partial charge in [0.15, 0.2) is 0 Å². The van der Waals surface area contributed by atoms with Crippen LogP contribution in [0.2, 0.25) is 5.02 Å². The number of carbonyl (C=O) groups excluding carboxylic acids is 1. The lowest BCUT2D eigenvalue weighted by atomic mass is 10.2. The predicted molar refractivity (Wildman–Crippen MR) is 96.1 cm³/mol. The molecule has 0 atom stereocenters. The first kappa shape index (κ1) is 18.9. The van der Waals surface area contributed by atoms with Gasteiger partial charge < -0.3 is 14.8 Å². The lowest BCUT2D eigenvalue weighted by molar-refractivity contribution is -0.114. The van der Waals surface area contributed by atoms with Gasteiger partial charge in [-0.1, -0.05) is 11.6 Å². The van der Waals surface area contributed by atoms with Crippen LogP contribution in [0.3, 0.4) is 0 Å². The quantitative estimate of drug-likeness (QED) is 0.798. The van der Waals surface area contributed by atoms with Gasteiger partial charge in [0.1, 0.15) is 11.5 Å². The van der Waals surface area contributed by atoms with Crippen LogP contribution >= 0.6 is 11.6 Å². The van der Waals surface area contributed by atoms with E-state index in [1.165, 1.54) is 51.5 Å². The highest BCUT2D eigenvalue weighted by Gasteiger charge is 2.17. The van der Waals surface area contributed by atoms with Crippen LogP contribution in [-0.4, -0.2) is 28.5 Å². The summed E-state index contributed by atoms with van der Waals surface area (Å²) >= 11 is 5.98. The van der Waals surface area contributed by atoms with E-state index in [1.54, 1.807) is 6.07 Å². The number of nitrogens with one attached hydrogen (secondary N) is 2. The summed E-state index contributed by atoms with van der Waals surface area (Å²) in [5.74, 6) is 0.476. The molecule has 9 heteroatoms. The van der Waals surface area contributed by atoms with E-state index >= 15 is 0 Å². The molecule has 0 saturated heterocycles. The Morgan fingerprint density at radius 1 is 1.04 bits per heavy atom. The van der Waals surface area contributed by atoms with Crippen LogP contribution in [0, 0.1) is 0 Å². The van der Waals surface area contributed by atoms with Crippen LogP contribution in [0.1, 0.15) is 6.92 Å². The fourth-order valence-corrected chi connectivity index (χ4v) is 3.48. The van der Waals surface area contributed by atoms with Crippen molar-refractivity contribution in [3.05, 3.63) is 41.4 Å². The van der Waals surface area contributed by atoms with Crippen LogP contribution in [0.4, 0.5) is 11.4 Å². The molecular formula is C16H17ClN2O5S. The molecule has 0 saturated carbocycles. The van der Waals surface area contributed by atoms with E-state index in [-0.39, 0.29) is 21.5 Å². The first-order valence-corrected chi connectivity index (χ1v) is 8.95. The number of amides is 1. The zero-order valence-corrected chi connectivity index (χ0v) is 15.4. The minimum atomic E-state index is -3.87. The largest absolute Gasteiger partial charge is 0.495 e. The minimum Gasteiger partial charge on any atom is -0.495 e. The van der Waals surface area contributed by atoms with Gasteiger partial charge in [-0.05, 0) is 36.4 Å². The lowest BCUT2D eigenvalue weighted by Gasteiger charge is -2.13. The zero-order chi connectivity index (χ0) is 18.6. The number of halogens is 1. The van der Waals surface area contributed by atoms with Crippen molar-refractivity contribution in [1.29, 1.82) is 0 Å². The number of carbonyl (C=O) groups is 1. The van der Waals surface area contributed by atoms with E-state index < -0.39 is 10.0 Å². The first-order chi connectivity index (χ1) is 11.8. The lowest BCUT2D eigenvalue weighted by Crippen LogP contribution is -2.14. The number of ether oxygens (including phenoxy) is 2. The van der Waals surface area contributed by atoms with Crippen molar-refractivity contribution in [2.24, 2.45) is 0 Å². The van der Waals surface area contributed by atoms with Crippen molar-refractivity contribution in [1.82, 2.24) is 0 Å². The van der Waals surface area contributed by atoms with E-state index in [4.69, 9.17) is 21.1 Å². The van der Waals surface area contributed by atoms with Gasteiger partial charge in [0.2, 0.25) is 5.91 Å². The maximum atomic E-state index is 12.5. The molecule has 0 fully saturated rings. The van der Waals surface area contributed by atoms with E-state index in [1.807, 2.05) is 0 Å². The summed E-state index contributed by atoms with van der Waals surface area (Å²) in [7, 11) is -0.982. The van der Waals surface area contributed by atoms with Gasteiger partial charge in [-0.3, -0.25) is 9.52 Å². The Morgan fingerprint density at radius 3 is 2.24 bits per heavy atom. The second-order valence-electron chi connectivity index (χ2n) is 5.00. The molecule has 2 rings (SSSR count). The molecule has 1 amide bonds. The number of rotatable bonds is 6. The molecule has 0 aliphatic carbocycles. The summed E-state index contributed by atoms with van der Waals surface area (Å²) in [6.07, 6.45) is 0. The second-order valence-corrected chi connectivity index (χ2v) is 7.09. The summed E-state index contributed by atoms with van der Waals surface area (Å²) in [5, 5.41) is 2.76. The molecule has 0 bridgehead atoms. The summed E-state index contributed by atoms with van der Waals surface area (Å²) in [6.45, 7) is 1.34. The number of methoxy groups -OCH3 is 2. The molecule has 2 aromatic rings. The van der Waals surface area contributed by atoms with Crippen LogP contribution in [0.5, 0.6) is 11.5 Å². The SMILES string of the molecule is COc1ccc(S(=O)(=O)Nc2ccc(OC)c(NC(C)=O)c2)cc1Cl. The van der Waals surface area contributed by atoms with Crippen molar-refractivity contribution in [3.8, 4) is 11.5 Å². The fourth-order valence-electron chi connectivity index (χ4n) is 2.09. The number of benzene rings is 2. The zero-order valence-electron chi connectivity index (χ0n) is 13.8. The number of hydrogen-bond acceptors (Lipinski definition) is 5. The third-order valence-electron chi connectivity index (χ3n) is 3.20. The van der Waals surface area contributed by atoms with E-state index in [9.17, 15) is 13.2 Å². The van der Waals surface area contributed by atoms with Gasteiger partial charge in [0.25, 0.3) is 10.0 Å². The summed E-state index contributed by atoms with van der Waals surface area (Å²) in [4.78, 5) is 11.2. The van der Waals surface area contributed by atoms with E-state index in [0.717, 1.165) is 0 Å². The molecule has 0 radical (unpaired) electrons.